The quantitative estimate of drug-likeness (QED) is 0.818. The van der Waals surface area contributed by atoms with E-state index < -0.39 is 0 Å². The second-order valence-electron chi connectivity index (χ2n) is 3.20. The average molecular weight is 275 g/mol. The van der Waals surface area contributed by atoms with Crippen LogP contribution in [0.15, 0.2) is 15.9 Å². The van der Waals surface area contributed by atoms with E-state index in [1.807, 2.05) is 6.07 Å². The van der Waals surface area contributed by atoms with Crippen molar-refractivity contribution in [2.75, 3.05) is 13.1 Å². The number of rotatable bonds is 1. The van der Waals surface area contributed by atoms with Crippen molar-refractivity contribution in [3.8, 4) is 0 Å². The maximum Gasteiger partial charge on any atom is 0.221 e. The molecule has 1 aromatic rings. The van der Waals surface area contributed by atoms with E-state index in [4.69, 9.17) is 0 Å². The third-order valence-corrected chi connectivity index (χ3v) is 3.92. The van der Waals surface area contributed by atoms with Gasteiger partial charge in [-0.05, 0) is 28.1 Å². The Morgan fingerprint density at radius 3 is 3.07 bits per heavy atom. The number of amides is 1. The Kier molecular flexibility index (Phi) is 3.20. The molecule has 2 heterocycles. The predicted octanol–water partition coefficient (Wildman–Crippen LogP) is 1.66. The van der Waals surface area contributed by atoms with Gasteiger partial charge in [0.2, 0.25) is 5.91 Å². The minimum absolute atomic E-state index is 0.135. The fourth-order valence-electron chi connectivity index (χ4n) is 1.45. The highest BCUT2D eigenvalue weighted by Gasteiger charge is 2.17. The van der Waals surface area contributed by atoms with Gasteiger partial charge in [0.25, 0.3) is 0 Å². The molecule has 3 nitrogen and oxygen atoms in total. The number of carbonyl (C=O) groups is 1. The molecule has 0 saturated carbocycles. The van der Waals surface area contributed by atoms with Crippen molar-refractivity contribution < 1.29 is 4.79 Å². The minimum Gasteiger partial charge on any atom is -0.354 e. The Hall–Kier alpha value is -0.390. The van der Waals surface area contributed by atoms with Gasteiger partial charge in [-0.25, -0.2) is 0 Å². The first kappa shape index (κ1) is 10.1. The van der Waals surface area contributed by atoms with Gasteiger partial charge in [-0.3, -0.25) is 4.79 Å². The van der Waals surface area contributed by atoms with Crippen LogP contribution in [0.3, 0.4) is 0 Å². The molecular formula is C9H11BrN2OS. The lowest BCUT2D eigenvalue weighted by molar-refractivity contribution is -0.120. The van der Waals surface area contributed by atoms with Gasteiger partial charge >= 0.3 is 0 Å². The molecule has 14 heavy (non-hydrogen) atoms. The largest absolute Gasteiger partial charge is 0.354 e. The van der Waals surface area contributed by atoms with Crippen molar-refractivity contribution in [1.82, 2.24) is 10.6 Å². The van der Waals surface area contributed by atoms with Crippen molar-refractivity contribution >= 4 is 33.2 Å². The summed E-state index contributed by atoms with van der Waals surface area (Å²) in [5.41, 5.74) is 0. The molecule has 1 saturated heterocycles. The number of thiophene rings is 1. The number of carbonyl (C=O) groups excluding carboxylic acids is 1. The zero-order valence-corrected chi connectivity index (χ0v) is 9.95. The lowest BCUT2D eigenvalue weighted by Crippen LogP contribution is -2.28. The molecule has 1 aliphatic heterocycles. The van der Waals surface area contributed by atoms with E-state index in [9.17, 15) is 4.79 Å². The number of hydrogen-bond donors (Lipinski definition) is 2. The molecule has 1 amide bonds. The van der Waals surface area contributed by atoms with Crippen LogP contribution in [0.1, 0.15) is 17.3 Å². The highest BCUT2D eigenvalue weighted by molar-refractivity contribution is 9.11. The summed E-state index contributed by atoms with van der Waals surface area (Å²) in [6, 6.07) is 4.39. The average Bonchev–Trinajstić information content (AvgIpc) is 2.46. The Labute approximate surface area is 95.0 Å². The first-order valence-electron chi connectivity index (χ1n) is 4.51. The van der Waals surface area contributed by atoms with Crippen LogP contribution in [0.2, 0.25) is 0 Å². The van der Waals surface area contributed by atoms with Gasteiger partial charge < -0.3 is 10.6 Å². The fourth-order valence-corrected chi connectivity index (χ4v) is 2.95. The first-order chi connectivity index (χ1) is 6.75. The number of nitrogens with one attached hydrogen (secondary N) is 2. The molecular weight excluding hydrogens is 264 g/mol. The van der Waals surface area contributed by atoms with E-state index in [0.29, 0.717) is 13.0 Å². The summed E-state index contributed by atoms with van der Waals surface area (Å²) in [5, 5.41) is 6.24. The molecule has 1 fully saturated rings. The van der Waals surface area contributed by atoms with Crippen molar-refractivity contribution in [1.29, 1.82) is 0 Å². The lowest BCUT2D eigenvalue weighted by atomic mass is 10.2. The SMILES string of the molecule is O=C1CCNC(c2ccc(Br)s2)CN1. The van der Waals surface area contributed by atoms with Crippen LogP contribution >= 0.6 is 27.3 Å². The van der Waals surface area contributed by atoms with Gasteiger partial charge in [-0.1, -0.05) is 0 Å². The van der Waals surface area contributed by atoms with Crippen LogP contribution < -0.4 is 10.6 Å². The fraction of sp³-hybridized carbons (Fsp3) is 0.444. The van der Waals surface area contributed by atoms with E-state index in [1.165, 1.54) is 4.88 Å². The Bertz CT molecular complexity index is 339. The van der Waals surface area contributed by atoms with Crippen LogP contribution in [-0.4, -0.2) is 19.0 Å². The van der Waals surface area contributed by atoms with Gasteiger partial charge in [0, 0.05) is 24.4 Å². The highest BCUT2D eigenvalue weighted by Crippen LogP contribution is 2.27. The second-order valence-corrected chi connectivity index (χ2v) is 5.70. The smallest absolute Gasteiger partial charge is 0.221 e. The minimum atomic E-state index is 0.135. The molecule has 1 unspecified atom stereocenters. The molecule has 0 spiro atoms. The molecule has 0 bridgehead atoms. The molecule has 5 heteroatoms. The van der Waals surface area contributed by atoms with Crippen molar-refractivity contribution in [3.05, 3.63) is 20.8 Å². The van der Waals surface area contributed by atoms with Crippen LogP contribution in [0.4, 0.5) is 0 Å². The molecule has 2 N–H and O–H groups in total. The number of hydrogen-bond acceptors (Lipinski definition) is 3. The van der Waals surface area contributed by atoms with Gasteiger partial charge in [-0.15, -0.1) is 11.3 Å². The van der Waals surface area contributed by atoms with Crippen molar-refractivity contribution in [3.63, 3.8) is 0 Å². The summed E-state index contributed by atoms with van der Waals surface area (Å²) in [7, 11) is 0. The van der Waals surface area contributed by atoms with Crippen molar-refractivity contribution in [2.45, 2.75) is 12.5 Å². The molecule has 1 atom stereocenters. The van der Waals surface area contributed by atoms with Crippen molar-refractivity contribution in [2.24, 2.45) is 0 Å². The van der Waals surface area contributed by atoms with Gasteiger partial charge in [-0.2, -0.15) is 0 Å². The van der Waals surface area contributed by atoms with Crippen LogP contribution in [-0.2, 0) is 4.79 Å². The van der Waals surface area contributed by atoms with E-state index in [0.717, 1.165) is 10.3 Å². The zero-order valence-electron chi connectivity index (χ0n) is 7.55. The first-order valence-corrected chi connectivity index (χ1v) is 6.12. The Balaban J connectivity index is 2.07. The van der Waals surface area contributed by atoms with E-state index in [2.05, 4.69) is 32.6 Å². The van der Waals surface area contributed by atoms with Crippen LogP contribution in [0.5, 0.6) is 0 Å². The molecule has 76 valence electrons. The molecule has 0 radical (unpaired) electrons. The summed E-state index contributed by atoms with van der Waals surface area (Å²) >= 11 is 5.14. The lowest BCUT2D eigenvalue weighted by Gasteiger charge is -2.12. The highest BCUT2D eigenvalue weighted by atomic mass is 79.9. The van der Waals surface area contributed by atoms with Crippen LogP contribution in [0.25, 0.3) is 0 Å². The Morgan fingerprint density at radius 1 is 1.50 bits per heavy atom. The summed E-state index contributed by atoms with van der Waals surface area (Å²) in [5.74, 6) is 0.135. The third-order valence-electron chi connectivity index (χ3n) is 2.18. The standard InChI is InChI=1S/C9H11BrN2OS/c10-8-2-1-7(14-8)6-5-12-9(13)3-4-11-6/h1-2,6,11H,3-5H2,(H,12,13). The second kappa shape index (κ2) is 4.42. The predicted molar refractivity (Wildman–Crippen MR) is 60.4 cm³/mol. The van der Waals surface area contributed by atoms with E-state index in [-0.39, 0.29) is 11.9 Å². The third kappa shape index (κ3) is 2.34. The topological polar surface area (TPSA) is 41.1 Å². The van der Waals surface area contributed by atoms with Gasteiger partial charge in [0.15, 0.2) is 0 Å². The summed E-state index contributed by atoms with van der Waals surface area (Å²) < 4.78 is 1.13. The van der Waals surface area contributed by atoms with Crippen LogP contribution in [0, 0.1) is 0 Å². The maximum absolute atomic E-state index is 11.1. The summed E-state index contributed by atoms with van der Waals surface area (Å²) in [6.45, 7) is 1.44. The zero-order chi connectivity index (χ0) is 9.97. The molecule has 2 rings (SSSR count). The van der Waals surface area contributed by atoms with E-state index >= 15 is 0 Å². The molecule has 0 aromatic carbocycles. The summed E-state index contributed by atoms with van der Waals surface area (Å²) in [6.07, 6.45) is 0.572. The van der Waals surface area contributed by atoms with Gasteiger partial charge in [0.05, 0.1) is 9.83 Å². The number of halogens is 1. The molecule has 1 aromatic heterocycles. The molecule has 1 aliphatic rings. The maximum atomic E-state index is 11.1. The Morgan fingerprint density at radius 2 is 2.36 bits per heavy atom. The van der Waals surface area contributed by atoms with E-state index in [1.54, 1.807) is 11.3 Å². The van der Waals surface area contributed by atoms with Gasteiger partial charge in [0.1, 0.15) is 0 Å². The molecule has 0 aliphatic carbocycles. The summed E-state index contributed by atoms with van der Waals surface area (Å²) in [4.78, 5) is 12.4. The monoisotopic (exact) mass is 274 g/mol. The normalized spacial score (nSPS) is 22.9.